The number of amides is 2. The van der Waals surface area contributed by atoms with Gasteiger partial charge in [-0.3, -0.25) is 9.59 Å². The smallest absolute Gasteiger partial charge is 0.254 e. The van der Waals surface area contributed by atoms with Crippen LogP contribution < -0.4 is 20.1 Å². The summed E-state index contributed by atoms with van der Waals surface area (Å²) in [6.45, 7) is 0.194. The number of carbonyl (C=O) groups is 2. The van der Waals surface area contributed by atoms with Crippen LogP contribution in [0, 0.1) is 5.82 Å². The summed E-state index contributed by atoms with van der Waals surface area (Å²) < 4.78 is 30.2. The molecule has 0 aliphatic carbocycles. The zero-order valence-corrected chi connectivity index (χ0v) is 17.4. The van der Waals surface area contributed by atoms with Gasteiger partial charge in [0.1, 0.15) is 11.9 Å². The van der Waals surface area contributed by atoms with Gasteiger partial charge < -0.3 is 30.0 Å². The third-order valence-corrected chi connectivity index (χ3v) is 5.62. The molecule has 8 nitrogen and oxygen atoms in total. The van der Waals surface area contributed by atoms with Crippen LogP contribution in [-0.4, -0.2) is 55.1 Å². The number of hydrogen-bond donors (Lipinski definition) is 3. The van der Waals surface area contributed by atoms with Crippen LogP contribution in [0.15, 0.2) is 42.5 Å². The van der Waals surface area contributed by atoms with Crippen LogP contribution in [0.1, 0.15) is 40.0 Å². The fraction of sp³-hybridized carbons (Fsp3) is 0.391. The Morgan fingerprint density at radius 2 is 1.88 bits per heavy atom. The third-order valence-electron chi connectivity index (χ3n) is 5.62. The molecule has 4 rings (SSSR count). The fourth-order valence-electron chi connectivity index (χ4n) is 3.89. The molecule has 9 heteroatoms. The van der Waals surface area contributed by atoms with Crippen LogP contribution in [0.2, 0.25) is 0 Å². The average Bonchev–Trinajstić information content (AvgIpc) is 3.28. The molecule has 0 spiro atoms. The van der Waals surface area contributed by atoms with E-state index in [2.05, 4.69) is 10.6 Å². The predicted molar refractivity (Wildman–Crippen MR) is 112 cm³/mol. The Morgan fingerprint density at radius 3 is 2.69 bits per heavy atom. The van der Waals surface area contributed by atoms with E-state index in [1.54, 1.807) is 24.3 Å². The van der Waals surface area contributed by atoms with Gasteiger partial charge in [0.25, 0.3) is 11.8 Å². The van der Waals surface area contributed by atoms with E-state index >= 15 is 0 Å². The van der Waals surface area contributed by atoms with Crippen LogP contribution in [0.3, 0.4) is 0 Å². The molecule has 2 aliphatic rings. The molecule has 0 unspecified atom stereocenters. The normalized spacial score (nSPS) is 21.8. The molecule has 1 saturated heterocycles. The highest BCUT2D eigenvalue weighted by atomic mass is 19.1. The topological polar surface area (TPSA) is 106 Å². The van der Waals surface area contributed by atoms with E-state index in [1.165, 1.54) is 18.2 Å². The Kier molecular flexibility index (Phi) is 6.87. The van der Waals surface area contributed by atoms with Gasteiger partial charge in [0, 0.05) is 12.1 Å². The van der Waals surface area contributed by atoms with Crippen LogP contribution in [0.4, 0.5) is 4.39 Å². The Hall–Kier alpha value is -3.17. The van der Waals surface area contributed by atoms with Gasteiger partial charge in [-0.15, -0.1) is 0 Å². The number of nitrogens with one attached hydrogen (secondary N) is 2. The first kappa shape index (κ1) is 22.0. The van der Waals surface area contributed by atoms with Crippen molar-refractivity contribution >= 4 is 11.8 Å². The van der Waals surface area contributed by atoms with Crippen molar-refractivity contribution in [2.75, 3.05) is 19.9 Å². The summed E-state index contributed by atoms with van der Waals surface area (Å²) in [7, 11) is 0. The predicted octanol–water partition coefficient (Wildman–Crippen LogP) is 2.01. The van der Waals surface area contributed by atoms with E-state index < -0.39 is 17.8 Å². The SMILES string of the molecule is O=C(N[C@H]1CC[C@@H](CCNC(=O)c2ccccc2F)O[C@@H]1CO)c1ccc2c(c1)OCO2. The van der Waals surface area contributed by atoms with Gasteiger partial charge in [-0.05, 0) is 49.6 Å². The van der Waals surface area contributed by atoms with Crippen LogP contribution in [0.5, 0.6) is 11.5 Å². The number of benzene rings is 2. The maximum atomic E-state index is 13.7. The van der Waals surface area contributed by atoms with Crippen LogP contribution >= 0.6 is 0 Å². The lowest BCUT2D eigenvalue weighted by Gasteiger charge is -2.36. The summed E-state index contributed by atoms with van der Waals surface area (Å²) in [5.41, 5.74) is 0.431. The van der Waals surface area contributed by atoms with Gasteiger partial charge in [-0.1, -0.05) is 12.1 Å². The number of hydrogen-bond acceptors (Lipinski definition) is 6. The summed E-state index contributed by atoms with van der Waals surface area (Å²) in [6, 6.07) is 10.4. The lowest BCUT2D eigenvalue weighted by Crippen LogP contribution is -2.51. The molecule has 2 aromatic carbocycles. The van der Waals surface area contributed by atoms with Gasteiger partial charge in [-0.25, -0.2) is 4.39 Å². The Balaban J connectivity index is 1.26. The zero-order chi connectivity index (χ0) is 22.5. The molecular formula is C23H25FN2O6. The Morgan fingerprint density at radius 1 is 1.06 bits per heavy atom. The molecular weight excluding hydrogens is 419 g/mol. The molecule has 0 aromatic heterocycles. The second-order valence-electron chi connectivity index (χ2n) is 7.73. The van der Waals surface area contributed by atoms with Crippen molar-refractivity contribution in [2.45, 2.75) is 37.5 Å². The summed E-state index contributed by atoms with van der Waals surface area (Å²) in [6.07, 6.45) is 1.03. The molecule has 2 aromatic rings. The number of halogens is 1. The molecule has 3 N–H and O–H groups in total. The van der Waals surface area contributed by atoms with Crippen molar-refractivity contribution in [3.8, 4) is 11.5 Å². The van der Waals surface area contributed by atoms with Gasteiger partial charge >= 0.3 is 0 Å². The highest BCUT2D eigenvalue weighted by Crippen LogP contribution is 2.32. The number of carbonyl (C=O) groups excluding carboxylic acids is 2. The molecule has 0 bridgehead atoms. The van der Waals surface area contributed by atoms with Crippen molar-refractivity contribution in [1.29, 1.82) is 0 Å². The van der Waals surface area contributed by atoms with Crippen molar-refractivity contribution in [3.63, 3.8) is 0 Å². The number of fused-ring (bicyclic) bond motifs is 1. The van der Waals surface area contributed by atoms with Crippen molar-refractivity contribution in [3.05, 3.63) is 59.4 Å². The molecule has 0 radical (unpaired) electrons. The molecule has 3 atom stereocenters. The van der Waals surface area contributed by atoms with Crippen LogP contribution in [-0.2, 0) is 4.74 Å². The van der Waals surface area contributed by atoms with Crippen LogP contribution in [0.25, 0.3) is 0 Å². The van der Waals surface area contributed by atoms with Gasteiger partial charge in [-0.2, -0.15) is 0 Å². The second kappa shape index (κ2) is 9.97. The largest absolute Gasteiger partial charge is 0.454 e. The standard InChI is InChI=1S/C23H25FN2O6/c24-17-4-2-1-3-16(17)23(29)25-10-9-15-6-7-18(21(12-27)32-15)26-22(28)14-5-8-19-20(11-14)31-13-30-19/h1-5,8,11,15,18,21,27H,6-7,9-10,12-13H2,(H,25,29)(H,26,28)/t15-,18-,21+/m0/s1. The van der Waals surface area contributed by atoms with E-state index in [0.29, 0.717) is 42.9 Å². The Bertz CT molecular complexity index is 985. The monoisotopic (exact) mass is 444 g/mol. The number of rotatable bonds is 7. The maximum absolute atomic E-state index is 13.7. The van der Waals surface area contributed by atoms with Gasteiger partial charge in [0.2, 0.25) is 6.79 Å². The van der Waals surface area contributed by atoms with Gasteiger partial charge in [0.15, 0.2) is 11.5 Å². The highest BCUT2D eigenvalue weighted by Gasteiger charge is 2.32. The van der Waals surface area contributed by atoms with Crippen molar-refractivity contribution < 1.29 is 33.3 Å². The quantitative estimate of drug-likeness (QED) is 0.603. The molecule has 2 heterocycles. The molecule has 2 aliphatic heterocycles. The lowest BCUT2D eigenvalue weighted by molar-refractivity contribution is -0.0893. The van der Waals surface area contributed by atoms with E-state index in [1.807, 2.05) is 0 Å². The minimum atomic E-state index is -0.569. The Labute approximate surface area is 184 Å². The van der Waals surface area contributed by atoms with Gasteiger partial charge in [0.05, 0.1) is 24.3 Å². The fourth-order valence-corrected chi connectivity index (χ4v) is 3.89. The maximum Gasteiger partial charge on any atom is 0.254 e. The lowest BCUT2D eigenvalue weighted by atomic mass is 9.96. The van der Waals surface area contributed by atoms with Crippen molar-refractivity contribution in [2.24, 2.45) is 0 Å². The minimum Gasteiger partial charge on any atom is -0.454 e. The number of aliphatic hydroxyl groups is 1. The van der Waals surface area contributed by atoms with E-state index in [-0.39, 0.29) is 37.0 Å². The second-order valence-corrected chi connectivity index (χ2v) is 7.73. The van der Waals surface area contributed by atoms with E-state index in [0.717, 1.165) is 0 Å². The number of ether oxygens (including phenoxy) is 3. The average molecular weight is 444 g/mol. The third kappa shape index (κ3) is 5.00. The van der Waals surface area contributed by atoms with E-state index in [4.69, 9.17) is 14.2 Å². The first-order valence-electron chi connectivity index (χ1n) is 10.5. The first-order chi connectivity index (χ1) is 15.5. The van der Waals surface area contributed by atoms with E-state index in [9.17, 15) is 19.1 Å². The molecule has 0 saturated carbocycles. The summed E-state index contributed by atoms with van der Waals surface area (Å²) in [5.74, 6) is -0.216. The number of aliphatic hydroxyl groups excluding tert-OH is 1. The highest BCUT2D eigenvalue weighted by molar-refractivity contribution is 5.95. The minimum absolute atomic E-state index is 0.00316. The molecule has 170 valence electrons. The molecule has 2 amide bonds. The summed E-state index contributed by atoms with van der Waals surface area (Å²) in [5, 5.41) is 15.4. The molecule has 1 fully saturated rings. The first-order valence-corrected chi connectivity index (χ1v) is 10.5. The summed E-state index contributed by atoms with van der Waals surface area (Å²) in [4.78, 5) is 24.8. The summed E-state index contributed by atoms with van der Waals surface area (Å²) >= 11 is 0. The van der Waals surface area contributed by atoms with Crippen molar-refractivity contribution in [1.82, 2.24) is 10.6 Å². The molecule has 32 heavy (non-hydrogen) atoms. The zero-order valence-electron chi connectivity index (χ0n) is 17.4.